The molecule has 0 N–H and O–H groups in total. The molecule has 0 aliphatic heterocycles. The number of fused-ring (bicyclic) bond motifs is 18. The van der Waals surface area contributed by atoms with Crippen LogP contribution in [0.2, 0.25) is 0 Å². The van der Waals surface area contributed by atoms with E-state index in [9.17, 15) is 0 Å². The lowest BCUT2D eigenvalue weighted by atomic mass is 9.77. The van der Waals surface area contributed by atoms with Crippen molar-refractivity contribution in [1.82, 2.24) is 0 Å². The van der Waals surface area contributed by atoms with Crippen LogP contribution in [-0.2, 0) is 21.7 Å². The maximum absolute atomic E-state index is 2.49. The van der Waals surface area contributed by atoms with Crippen LogP contribution in [0.5, 0.6) is 0 Å². The van der Waals surface area contributed by atoms with E-state index in [0.717, 1.165) is 0 Å². The molecule has 0 heterocycles. The van der Waals surface area contributed by atoms with Crippen molar-refractivity contribution in [2.24, 2.45) is 0 Å². The molecule has 448 valence electrons. The molecule has 0 heteroatoms. The SMILES string of the molecule is CC1(C)c2ccccc2-c2c1ccc1c2-c2ccc(-c3cc(-c4ccc5ccc(-c6ccccc6)cc5c4)cc4ccccc34)cc2C1(C)C.CC1(C)c2ccccc2-c2c1ccc1c2C(C)(C)c2cc(-c3ccc4cc(-c5ccc6ccccc6c5)ccc4c3)ccc2-1. The van der Waals surface area contributed by atoms with Gasteiger partial charge in [0.15, 0.2) is 0 Å². The van der Waals surface area contributed by atoms with E-state index in [-0.39, 0.29) is 21.7 Å². The molecule has 0 spiro atoms. The summed E-state index contributed by atoms with van der Waals surface area (Å²) in [7, 11) is 0. The highest BCUT2D eigenvalue weighted by molar-refractivity contribution is 6.04. The molecule has 0 saturated carbocycles. The average Bonchev–Trinajstić information content (AvgIpc) is 1.54. The summed E-state index contributed by atoms with van der Waals surface area (Å²) in [6.45, 7) is 19.2. The average molecular weight is 1200 g/mol. The number of rotatable bonds is 5. The van der Waals surface area contributed by atoms with E-state index in [4.69, 9.17) is 0 Å². The fourth-order valence-electron chi connectivity index (χ4n) is 17.4. The van der Waals surface area contributed by atoms with Gasteiger partial charge in [0.2, 0.25) is 0 Å². The molecule has 15 aromatic rings. The lowest BCUT2D eigenvalue weighted by Crippen LogP contribution is -2.18. The summed E-state index contributed by atoms with van der Waals surface area (Å²) in [4.78, 5) is 0. The van der Waals surface area contributed by atoms with Crippen LogP contribution in [0.15, 0.2) is 291 Å². The Bertz CT molecular complexity index is 5720. The maximum Gasteiger partial charge on any atom is 0.0165 e. The molecule has 0 fully saturated rings. The molecule has 0 aromatic heterocycles. The zero-order valence-electron chi connectivity index (χ0n) is 54.7. The molecule has 19 rings (SSSR count). The van der Waals surface area contributed by atoms with Crippen LogP contribution in [0.3, 0.4) is 0 Å². The molecule has 0 unspecified atom stereocenters. The van der Waals surface area contributed by atoms with Crippen LogP contribution in [0.4, 0.5) is 0 Å². The Kier molecular flexibility index (Phi) is 12.2. The molecular formula is C94H72. The minimum absolute atomic E-state index is 0.0101. The zero-order valence-corrected chi connectivity index (χ0v) is 54.7. The monoisotopic (exact) mass is 1200 g/mol. The van der Waals surface area contributed by atoms with Gasteiger partial charge in [0.1, 0.15) is 0 Å². The van der Waals surface area contributed by atoms with Crippen LogP contribution in [-0.4, -0.2) is 0 Å². The molecule has 15 aromatic carbocycles. The van der Waals surface area contributed by atoms with Gasteiger partial charge >= 0.3 is 0 Å². The van der Waals surface area contributed by atoms with Crippen molar-refractivity contribution in [3.8, 4) is 100 Å². The second kappa shape index (κ2) is 20.4. The van der Waals surface area contributed by atoms with Crippen molar-refractivity contribution in [2.75, 3.05) is 0 Å². The summed E-state index contributed by atoms with van der Waals surface area (Å²) in [5.41, 5.74) is 35.1. The third kappa shape index (κ3) is 8.38. The van der Waals surface area contributed by atoms with Crippen LogP contribution in [0.25, 0.3) is 143 Å². The van der Waals surface area contributed by atoms with Crippen molar-refractivity contribution in [2.45, 2.75) is 77.0 Å². The van der Waals surface area contributed by atoms with Crippen molar-refractivity contribution >= 4 is 43.1 Å². The highest BCUT2D eigenvalue weighted by Gasteiger charge is 2.46. The predicted molar refractivity (Wildman–Crippen MR) is 400 cm³/mol. The van der Waals surface area contributed by atoms with Crippen LogP contribution in [0, 0.1) is 0 Å². The summed E-state index contributed by atoms with van der Waals surface area (Å²) in [5, 5.41) is 10.2. The van der Waals surface area contributed by atoms with Gasteiger partial charge in [-0.1, -0.05) is 292 Å². The molecule has 0 bridgehead atoms. The van der Waals surface area contributed by atoms with Gasteiger partial charge in [-0.05, 0) is 242 Å². The van der Waals surface area contributed by atoms with Crippen molar-refractivity contribution in [1.29, 1.82) is 0 Å². The molecule has 94 heavy (non-hydrogen) atoms. The molecule has 0 nitrogen and oxygen atoms in total. The maximum atomic E-state index is 2.49. The Balaban J connectivity index is 0.000000139. The van der Waals surface area contributed by atoms with E-state index in [2.05, 4.69) is 347 Å². The Morgan fingerprint density at radius 2 is 0.543 bits per heavy atom. The molecule has 0 atom stereocenters. The lowest BCUT2D eigenvalue weighted by molar-refractivity contribution is 0.647. The van der Waals surface area contributed by atoms with Gasteiger partial charge in [0, 0.05) is 21.7 Å². The minimum Gasteiger partial charge on any atom is -0.0622 e. The van der Waals surface area contributed by atoms with Gasteiger partial charge in [0.25, 0.3) is 0 Å². The van der Waals surface area contributed by atoms with Gasteiger partial charge in [0.05, 0.1) is 0 Å². The molecule has 4 aliphatic carbocycles. The van der Waals surface area contributed by atoms with Gasteiger partial charge < -0.3 is 0 Å². The second-order valence-electron chi connectivity index (χ2n) is 29.2. The highest BCUT2D eigenvalue weighted by Crippen LogP contribution is 2.61. The highest BCUT2D eigenvalue weighted by atomic mass is 14.5. The third-order valence-electron chi connectivity index (χ3n) is 22.5. The number of benzene rings is 15. The summed E-state index contributed by atoms with van der Waals surface area (Å²) >= 11 is 0. The summed E-state index contributed by atoms with van der Waals surface area (Å²) in [5.74, 6) is 0. The first-order valence-corrected chi connectivity index (χ1v) is 33.6. The smallest absolute Gasteiger partial charge is 0.0165 e. The minimum atomic E-state index is -0.112. The lowest BCUT2D eigenvalue weighted by Gasteiger charge is -2.26. The quantitative estimate of drug-likeness (QED) is 0.161. The fourth-order valence-corrected chi connectivity index (χ4v) is 17.4. The first kappa shape index (κ1) is 56.1. The van der Waals surface area contributed by atoms with E-state index >= 15 is 0 Å². The van der Waals surface area contributed by atoms with Gasteiger partial charge in [-0.15, -0.1) is 0 Å². The Hall–Kier alpha value is -10.7. The largest absolute Gasteiger partial charge is 0.0622 e. The summed E-state index contributed by atoms with van der Waals surface area (Å²) in [6.07, 6.45) is 0. The van der Waals surface area contributed by atoms with Crippen LogP contribution in [0.1, 0.15) is 99.9 Å². The molecule has 4 aliphatic rings. The van der Waals surface area contributed by atoms with Crippen LogP contribution >= 0.6 is 0 Å². The molecule has 0 radical (unpaired) electrons. The predicted octanol–water partition coefficient (Wildman–Crippen LogP) is 25.5. The molecule has 0 saturated heterocycles. The van der Waals surface area contributed by atoms with Gasteiger partial charge in [-0.3, -0.25) is 0 Å². The topological polar surface area (TPSA) is 0 Å². The van der Waals surface area contributed by atoms with Gasteiger partial charge in [-0.25, -0.2) is 0 Å². The van der Waals surface area contributed by atoms with Crippen molar-refractivity contribution < 1.29 is 0 Å². The van der Waals surface area contributed by atoms with E-state index in [0.29, 0.717) is 0 Å². The standard InChI is InChI=1S/C50H38.C44H34/c1-49(2)43-17-11-10-16-40(43)47-44(49)24-25-45-48(47)41-23-22-36(30-46(41)50(45,3)4)42-29-38(28-35-14-8-9-15-39(35)42)34-21-19-32-18-20-33(26-37(32)27-34)31-12-6-5-7-13-31;1-43(2)38-12-8-7-11-37(38)41-39(43)22-21-36-35-20-19-34(26-40(35)44(3,4)42(36)41)33-18-17-31-24-30(15-16-32(31)25-33)29-14-13-27-9-5-6-10-28(27)23-29/h5-30H,1-4H3;5-26H,1-4H3. The van der Waals surface area contributed by atoms with Gasteiger partial charge in [-0.2, -0.15) is 0 Å². The normalized spacial score (nSPS) is 14.9. The van der Waals surface area contributed by atoms with E-state index in [1.807, 2.05) is 0 Å². The second-order valence-corrected chi connectivity index (χ2v) is 29.2. The van der Waals surface area contributed by atoms with E-state index in [1.54, 1.807) is 0 Å². The van der Waals surface area contributed by atoms with E-state index < -0.39 is 0 Å². The van der Waals surface area contributed by atoms with E-state index in [1.165, 1.54) is 188 Å². The Morgan fingerprint density at radius 3 is 1.18 bits per heavy atom. The summed E-state index contributed by atoms with van der Waals surface area (Å²) in [6, 6.07) is 109. The molecule has 0 amide bonds. The van der Waals surface area contributed by atoms with Crippen molar-refractivity contribution in [3.05, 3.63) is 336 Å². The summed E-state index contributed by atoms with van der Waals surface area (Å²) < 4.78 is 0. The Labute approximate surface area is 552 Å². The number of hydrogen-bond donors (Lipinski definition) is 0. The first-order valence-electron chi connectivity index (χ1n) is 33.6. The number of hydrogen-bond acceptors (Lipinski definition) is 0. The molecular weight excluding hydrogens is 1130 g/mol. The fraction of sp³-hybridized carbons (Fsp3) is 0.128. The van der Waals surface area contributed by atoms with Crippen molar-refractivity contribution in [3.63, 3.8) is 0 Å². The van der Waals surface area contributed by atoms with Crippen LogP contribution < -0.4 is 0 Å². The first-order chi connectivity index (χ1) is 45.6. The zero-order chi connectivity index (χ0) is 63.6. The third-order valence-corrected chi connectivity index (χ3v) is 22.5. The Morgan fingerprint density at radius 1 is 0.170 bits per heavy atom.